The summed E-state index contributed by atoms with van der Waals surface area (Å²) in [7, 11) is 0. The number of aliphatic hydroxyl groups excluding tert-OH is 1. The summed E-state index contributed by atoms with van der Waals surface area (Å²) in [5.74, 6) is 0. The minimum absolute atomic E-state index is 0.255. The maximum absolute atomic E-state index is 9.27. The Morgan fingerprint density at radius 3 is 2.69 bits per heavy atom. The molecule has 0 spiro atoms. The molecule has 0 amide bonds. The molecule has 1 aliphatic heterocycles. The number of aliphatic hydroxyl groups is 1. The zero-order valence-corrected chi connectivity index (χ0v) is 10.7. The van der Waals surface area contributed by atoms with E-state index >= 15 is 0 Å². The highest BCUT2D eigenvalue weighted by molar-refractivity contribution is 4.95. The molecule has 2 rings (SSSR count). The van der Waals surface area contributed by atoms with Crippen LogP contribution in [0, 0.1) is 5.41 Å². The van der Waals surface area contributed by atoms with Gasteiger partial charge in [0.1, 0.15) is 0 Å². The summed E-state index contributed by atoms with van der Waals surface area (Å²) in [5.41, 5.74) is 0.255. The van der Waals surface area contributed by atoms with Crippen LogP contribution in [0.25, 0.3) is 0 Å². The van der Waals surface area contributed by atoms with Crippen LogP contribution < -0.4 is 5.32 Å². The van der Waals surface area contributed by atoms with Crippen molar-refractivity contribution in [2.24, 2.45) is 5.41 Å². The summed E-state index contributed by atoms with van der Waals surface area (Å²) in [6, 6.07) is 1.38. The molecule has 1 saturated carbocycles. The minimum atomic E-state index is 0.255. The summed E-state index contributed by atoms with van der Waals surface area (Å²) in [4.78, 5) is 2.55. The molecule has 0 aromatic heterocycles. The van der Waals surface area contributed by atoms with E-state index in [1.165, 1.54) is 38.8 Å². The molecule has 2 N–H and O–H groups in total. The molecule has 94 valence electrons. The van der Waals surface area contributed by atoms with E-state index in [0.29, 0.717) is 18.7 Å². The third-order valence-electron chi connectivity index (χ3n) is 4.48. The summed E-state index contributed by atoms with van der Waals surface area (Å²) in [6.07, 6.45) is 4.94. The Kier molecular flexibility index (Phi) is 3.88. The summed E-state index contributed by atoms with van der Waals surface area (Å²) >= 11 is 0. The molecule has 2 aliphatic rings. The van der Waals surface area contributed by atoms with Gasteiger partial charge in [0.25, 0.3) is 0 Å². The van der Waals surface area contributed by atoms with E-state index in [1.807, 2.05) is 0 Å². The van der Waals surface area contributed by atoms with Gasteiger partial charge in [0.15, 0.2) is 0 Å². The van der Waals surface area contributed by atoms with Gasteiger partial charge in [0.05, 0.1) is 0 Å². The first-order valence-corrected chi connectivity index (χ1v) is 6.77. The fourth-order valence-corrected chi connectivity index (χ4v) is 2.80. The second-order valence-electron chi connectivity index (χ2n) is 5.74. The predicted molar refractivity (Wildman–Crippen MR) is 66.5 cm³/mol. The summed E-state index contributed by atoms with van der Waals surface area (Å²) in [5, 5.41) is 12.9. The van der Waals surface area contributed by atoms with Crippen molar-refractivity contribution in [1.29, 1.82) is 0 Å². The third kappa shape index (κ3) is 2.76. The van der Waals surface area contributed by atoms with Gasteiger partial charge >= 0.3 is 0 Å². The summed E-state index contributed by atoms with van der Waals surface area (Å²) < 4.78 is 0. The van der Waals surface area contributed by atoms with Crippen LogP contribution in [0.2, 0.25) is 0 Å². The molecule has 2 unspecified atom stereocenters. The number of hydrogen-bond acceptors (Lipinski definition) is 3. The van der Waals surface area contributed by atoms with E-state index in [9.17, 15) is 5.11 Å². The molecule has 2 atom stereocenters. The Morgan fingerprint density at radius 1 is 1.44 bits per heavy atom. The van der Waals surface area contributed by atoms with Gasteiger partial charge in [-0.15, -0.1) is 0 Å². The molecule has 0 aromatic carbocycles. The van der Waals surface area contributed by atoms with Crippen LogP contribution in [0.1, 0.15) is 39.5 Å². The average molecular weight is 226 g/mol. The number of piperidine rings is 1. The van der Waals surface area contributed by atoms with Gasteiger partial charge < -0.3 is 15.3 Å². The Morgan fingerprint density at radius 2 is 2.19 bits per heavy atom. The van der Waals surface area contributed by atoms with E-state index in [1.54, 1.807) is 0 Å². The van der Waals surface area contributed by atoms with Gasteiger partial charge in [-0.25, -0.2) is 0 Å². The molecule has 1 aliphatic carbocycles. The van der Waals surface area contributed by atoms with Crippen LogP contribution in [-0.2, 0) is 0 Å². The molecule has 0 radical (unpaired) electrons. The Labute approximate surface area is 99.2 Å². The zero-order valence-electron chi connectivity index (χ0n) is 10.7. The van der Waals surface area contributed by atoms with Gasteiger partial charge in [-0.2, -0.15) is 0 Å². The van der Waals surface area contributed by atoms with Crippen LogP contribution >= 0.6 is 0 Å². The lowest BCUT2D eigenvalue weighted by atomic mass is 9.97. The van der Waals surface area contributed by atoms with E-state index < -0.39 is 0 Å². The number of nitrogens with zero attached hydrogens (tertiary/aromatic N) is 1. The largest absolute Gasteiger partial charge is 0.396 e. The highest BCUT2D eigenvalue weighted by atomic mass is 16.3. The van der Waals surface area contributed by atoms with Crippen LogP contribution in [0.3, 0.4) is 0 Å². The summed E-state index contributed by atoms with van der Waals surface area (Å²) in [6.45, 7) is 8.36. The van der Waals surface area contributed by atoms with Crippen molar-refractivity contribution in [3.05, 3.63) is 0 Å². The van der Waals surface area contributed by atoms with Crippen molar-refractivity contribution in [3.8, 4) is 0 Å². The fraction of sp³-hybridized carbons (Fsp3) is 1.00. The average Bonchev–Trinajstić information content (AvgIpc) is 3.07. The van der Waals surface area contributed by atoms with Crippen LogP contribution in [-0.4, -0.2) is 48.3 Å². The molecule has 16 heavy (non-hydrogen) atoms. The fourth-order valence-electron chi connectivity index (χ4n) is 2.80. The van der Waals surface area contributed by atoms with Gasteiger partial charge in [-0.05, 0) is 45.7 Å². The number of hydrogen-bond donors (Lipinski definition) is 2. The lowest BCUT2D eigenvalue weighted by Gasteiger charge is -2.37. The molecule has 3 heteroatoms. The first-order chi connectivity index (χ1) is 7.69. The lowest BCUT2D eigenvalue weighted by molar-refractivity contribution is 0.135. The molecule has 0 bridgehead atoms. The van der Waals surface area contributed by atoms with Crippen LogP contribution in [0.15, 0.2) is 0 Å². The van der Waals surface area contributed by atoms with E-state index in [0.717, 1.165) is 6.54 Å². The highest BCUT2D eigenvalue weighted by Gasteiger charge is 2.42. The molecule has 1 heterocycles. The normalized spacial score (nSPS) is 33.9. The number of rotatable bonds is 5. The van der Waals surface area contributed by atoms with Gasteiger partial charge in [0.2, 0.25) is 0 Å². The van der Waals surface area contributed by atoms with E-state index in [2.05, 4.69) is 24.1 Å². The molecule has 1 saturated heterocycles. The van der Waals surface area contributed by atoms with Crippen LogP contribution in [0.5, 0.6) is 0 Å². The quantitative estimate of drug-likeness (QED) is 0.740. The molecule has 0 aromatic rings. The maximum atomic E-state index is 9.27. The van der Waals surface area contributed by atoms with Crippen molar-refractivity contribution in [2.45, 2.75) is 51.6 Å². The topological polar surface area (TPSA) is 35.5 Å². The van der Waals surface area contributed by atoms with Crippen molar-refractivity contribution in [1.82, 2.24) is 10.2 Å². The van der Waals surface area contributed by atoms with Crippen molar-refractivity contribution in [2.75, 3.05) is 26.2 Å². The molecular weight excluding hydrogens is 200 g/mol. The second-order valence-corrected chi connectivity index (χ2v) is 5.74. The highest BCUT2D eigenvalue weighted by Crippen LogP contribution is 2.44. The predicted octanol–water partition coefficient (Wildman–Crippen LogP) is 1.22. The SMILES string of the molecule is CCN1CCC(NCC2(CO)CC2)CC1C. The zero-order chi connectivity index (χ0) is 11.6. The Hall–Kier alpha value is -0.120. The Balaban J connectivity index is 1.71. The maximum Gasteiger partial charge on any atom is 0.0499 e. The van der Waals surface area contributed by atoms with Gasteiger partial charge in [0, 0.05) is 30.7 Å². The number of likely N-dealkylation sites (tertiary alicyclic amines) is 1. The standard InChI is InChI=1S/C13H26N2O/c1-3-15-7-4-12(8-11(15)2)14-9-13(10-16)5-6-13/h11-12,14,16H,3-10H2,1-2H3. The smallest absolute Gasteiger partial charge is 0.0499 e. The lowest BCUT2D eigenvalue weighted by Crippen LogP contribution is -2.48. The third-order valence-corrected chi connectivity index (χ3v) is 4.48. The van der Waals surface area contributed by atoms with Gasteiger partial charge in [-0.1, -0.05) is 6.92 Å². The molecule has 2 fully saturated rings. The second kappa shape index (κ2) is 5.03. The van der Waals surface area contributed by atoms with Crippen molar-refractivity contribution in [3.63, 3.8) is 0 Å². The van der Waals surface area contributed by atoms with Crippen molar-refractivity contribution < 1.29 is 5.11 Å². The Bertz CT molecular complexity index is 228. The minimum Gasteiger partial charge on any atom is -0.396 e. The monoisotopic (exact) mass is 226 g/mol. The van der Waals surface area contributed by atoms with E-state index in [-0.39, 0.29) is 5.41 Å². The number of nitrogens with one attached hydrogen (secondary N) is 1. The molecule has 3 nitrogen and oxygen atoms in total. The van der Waals surface area contributed by atoms with Gasteiger partial charge in [-0.3, -0.25) is 0 Å². The first kappa shape index (κ1) is 12.3. The van der Waals surface area contributed by atoms with Crippen molar-refractivity contribution >= 4 is 0 Å². The van der Waals surface area contributed by atoms with Crippen LogP contribution in [0.4, 0.5) is 0 Å². The first-order valence-electron chi connectivity index (χ1n) is 6.77. The molecular formula is C13H26N2O. The van der Waals surface area contributed by atoms with E-state index in [4.69, 9.17) is 0 Å².